The Morgan fingerprint density at radius 2 is 1.59 bits per heavy atom. The van der Waals surface area contributed by atoms with Gasteiger partial charge in [0.1, 0.15) is 17.9 Å². The van der Waals surface area contributed by atoms with Gasteiger partial charge in [-0.15, -0.1) is 25.0 Å². The van der Waals surface area contributed by atoms with Gasteiger partial charge in [0.2, 0.25) is 0 Å². The first-order valence-electron chi connectivity index (χ1n) is 11.5. The van der Waals surface area contributed by atoms with E-state index in [9.17, 15) is 0 Å². The maximum absolute atomic E-state index is 5.86. The predicted octanol–water partition coefficient (Wildman–Crippen LogP) is 6.10. The Labute approximate surface area is 230 Å². The summed E-state index contributed by atoms with van der Waals surface area (Å²) < 4.78 is 1.97. The average Bonchev–Trinajstić information content (AvgIpc) is 3.23. The topological polar surface area (TPSA) is 69.1 Å². The van der Waals surface area contributed by atoms with E-state index in [2.05, 4.69) is 72.8 Å². The number of hydrogen-bond acceptors (Lipinski definition) is 3. The molecule has 0 unspecified atom stereocenters. The smallest absolute Gasteiger partial charge is 0.146 e. The SMILES string of the molecule is C#C.CCN=C(N)c1ncn(-c2ccncc2)c1C.[CH2-]c1ccc(C(CCC)CCC)cc1.[U]. The molecule has 34 heavy (non-hydrogen) atoms. The molecule has 3 rings (SSSR count). The number of pyridine rings is 1. The van der Waals surface area contributed by atoms with E-state index >= 15 is 0 Å². The molecule has 0 saturated heterocycles. The summed E-state index contributed by atoms with van der Waals surface area (Å²) in [5.41, 5.74) is 11.2. The Bertz CT molecular complexity index is 969. The van der Waals surface area contributed by atoms with E-state index in [1.165, 1.54) is 31.2 Å². The van der Waals surface area contributed by atoms with Crippen LogP contribution in [0.25, 0.3) is 5.69 Å². The normalized spacial score (nSPS) is 10.4. The molecule has 0 amide bonds. The van der Waals surface area contributed by atoms with E-state index in [0.29, 0.717) is 12.4 Å². The minimum Gasteiger partial charge on any atom is -0.382 e. The van der Waals surface area contributed by atoms with Crippen LogP contribution in [-0.4, -0.2) is 26.9 Å². The van der Waals surface area contributed by atoms with Crippen molar-refractivity contribution in [3.8, 4) is 18.5 Å². The first-order valence-corrected chi connectivity index (χ1v) is 11.5. The minimum absolute atomic E-state index is 0. The number of aliphatic imine (C=N–C) groups is 1. The third kappa shape index (κ3) is 9.80. The Morgan fingerprint density at radius 1 is 1.03 bits per heavy atom. The quantitative estimate of drug-likeness (QED) is 0.135. The molecule has 2 heterocycles. The minimum atomic E-state index is 0. The second-order valence-corrected chi connectivity index (χ2v) is 7.63. The molecule has 0 aliphatic rings. The van der Waals surface area contributed by atoms with Gasteiger partial charge in [0.15, 0.2) is 0 Å². The molecule has 3 aromatic rings. The predicted molar refractivity (Wildman–Crippen MR) is 141 cm³/mol. The zero-order valence-corrected chi connectivity index (χ0v) is 25.2. The number of hydrogen-bond donors (Lipinski definition) is 1. The molecular formula is C28H38N5U-. The number of amidine groups is 1. The number of benzene rings is 1. The fourth-order valence-corrected chi connectivity index (χ4v) is 3.64. The second kappa shape index (κ2) is 17.9. The molecule has 0 bridgehead atoms. The number of nitrogens with zero attached hydrogens (tertiary/aromatic N) is 4. The summed E-state index contributed by atoms with van der Waals surface area (Å²) in [5, 5.41) is 0. The van der Waals surface area contributed by atoms with Gasteiger partial charge in [0.05, 0.1) is 5.69 Å². The number of nitrogens with two attached hydrogens (primary N) is 1. The second-order valence-electron chi connectivity index (χ2n) is 7.63. The Balaban J connectivity index is 0.000000591. The third-order valence-corrected chi connectivity index (χ3v) is 5.24. The zero-order valence-electron chi connectivity index (χ0n) is 21.0. The summed E-state index contributed by atoms with van der Waals surface area (Å²) in [6, 6.07) is 12.6. The zero-order chi connectivity index (χ0) is 24.6. The number of imidazole rings is 1. The monoisotopic (exact) mass is 682 g/mol. The van der Waals surface area contributed by atoms with Crippen molar-refractivity contribution < 1.29 is 31.1 Å². The van der Waals surface area contributed by atoms with Gasteiger partial charge in [-0.05, 0) is 44.7 Å². The van der Waals surface area contributed by atoms with Crippen molar-refractivity contribution >= 4 is 5.84 Å². The van der Waals surface area contributed by atoms with E-state index in [0.717, 1.165) is 28.6 Å². The van der Waals surface area contributed by atoms with E-state index in [1.807, 2.05) is 30.5 Å². The molecular weight excluding hydrogens is 644 g/mol. The molecule has 6 heteroatoms. The van der Waals surface area contributed by atoms with Crippen LogP contribution in [0, 0.1) is 57.8 Å². The van der Waals surface area contributed by atoms with Crippen molar-refractivity contribution in [3.05, 3.63) is 84.6 Å². The summed E-state index contributed by atoms with van der Waals surface area (Å²) in [5.74, 6) is 1.24. The van der Waals surface area contributed by atoms with E-state index in [4.69, 9.17) is 5.73 Å². The molecule has 0 aliphatic heterocycles. The van der Waals surface area contributed by atoms with Crippen LogP contribution in [0.1, 0.15) is 74.9 Å². The standard InChI is InChI=1S/C14H21.C12H15N5.C2H2.U/c1-4-6-13(7-5-2)14-10-8-12(3)9-11-14;1-3-15-12(13)11-9(2)17(8-16-11)10-4-6-14-7-5-10;1-2;/h8-11,13H,3-7H2,1-2H3;4-8H,3H2,1-2H3,(H2,13,15);1-2H;/q-1;;;. The molecule has 0 fully saturated rings. The van der Waals surface area contributed by atoms with Crippen LogP contribution in [0.4, 0.5) is 0 Å². The third-order valence-electron chi connectivity index (χ3n) is 5.24. The first kappa shape index (κ1) is 31.5. The Kier molecular flexibility index (Phi) is 16.6. The molecule has 0 radical (unpaired) electrons. The Morgan fingerprint density at radius 3 is 2.09 bits per heavy atom. The largest absolute Gasteiger partial charge is 0.382 e. The van der Waals surface area contributed by atoms with Crippen molar-refractivity contribution in [1.82, 2.24) is 14.5 Å². The van der Waals surface area contributed by atoms with Crippen LogP contribution < -0.4 is 5.73 Å². The van der Waals surface area contributed by atoms with E-state index in [-0.39, 0.29) is 31.1 Å². The number of terminal acetylenes is 1. The molecule has 180 valence electrons. The summed E-state index contributed by atoms with van der Waals surface area (Å²) in [7, 11) is 0. The van der Waals surface area contributed by atoms with Gasteiger partial charge < -0.3 is 10.3 Å². The molecule has 0 spiro atoms. The van der Waals surface area contributed by atoms with Gasteiger partial charge >= 0.3 is 0 Å². The van der Waals surface area contributed by atoms with E-state index in [1.54, 1.807) is 18.7 Å². The molecule has 1 aromatic carbocycles. The van der Waals surface area contributed by atoms with Gasteiger partial charge in [-0.1, -0.05) is 32.3 Å². The maximum atomic E-state index is 5.86. The summed E-state index contributed by atoms with van der Waals surface area (Å²) in [4.78, 5) is 12.5. The van der Waals surface area contributed by atoms with Crippen molar-refractivity contribution in [1.29, 1.82) is 0 Å². The molecule has 0 aliphatic carbocycles. The van der Waals surface area contributed by atoms with Gasteiger partial charge in [0.25, 0.3) is 0 Å². The van der Waals surface area contributed by atoms with Gasteiger partial charge in [-0.25, -0.2) is 4.98 Å². The van der Waals surface area contributed by atoms with Crippen LogP contribution in [-0.2, 0) is 0 Å². The van der Waals surface area contributed by atoms with E-state index < -0.39 is 0 Å². The maximum Gasteiger partial charge on any atom is 0.146 e. The molecule has 2 N–H and O–H groups in total. The summed E-state index contributed by atoms with van der Waals surface area (Å²) in [6.45, 7) is 13.0. The van der Waals surface area contributed by atoms with Crippen molar-refractivity contribution in [2.24, 2.45) is 10.7 Å². The van der Waals surface area contributed by atoms with Crippen LogP contribution in [0.3, 0.4) is 0 Å². The average molecular weight is 683 g/mol. The van der Waals surface area contributed by atoms with Crippen LogP contribution in [0.5, 0.6) is 0 Å². The fourth-order valence-electron chi connectivity index (χ4n) is 3.64. The summed E-state index contributed by atoms with van der Waals surface area (Å²) >= 11 is 0. The van der Waals surface area contributed by atoms with Crippen molar-refractivity contribution in [2.75, 3.05) is 6.54 Å². The van der Waals surface area contributed by atoms with Gasteiger partial charge in [-0.2, -0.15) is 24.6 Å². The molecule has 2 aromatic heterocycles. The van der Waals surface area contributed by atoms with Crippen molar-refractivity contribution in [3.63, 3.8) is 0 Å². The molecule has 0 atom stereocenters. The number of aromatic nitrogens is 3. The fraction of sp³-hybridized carbons (Fsp3) is 0.357. The van der Waals surface area contributed by atoms with Crippen LogP contribution in [0.2, 0.25) is 0 Å². The first-order chi connectivity index (χ1) is 16.0. The number of rotatable bonds is 8. The van der Waals surface area contributed by atoms with Gasteiger partial charge in [0, 0.05) is 55.7 Å². The van der Waals surface area contributed by atoms with Crippen LogP contribution >= 0.6 is 0 Å². The molecule has 0 saturated carbocycles. The van der Waals surface area contributed by atoms with Crippen molar-refractivity contribution in [2.45, 2.75) is 59.3 Å². The Hall–Kier alpha value is -2.47. The van der Waals surface area contributed by atoms with Crippen LogP contribution in [0.15, 0.2) is 60.1 Å². The summed E-state index contributed by atoms with van der Waals surface area (Å²) in [6.07, 6.45) is 18.4. The van der Waals surface area contributed by atoms with Gasteiger partial charge in [-0.3, -0.25) is 9.98 Å². The molecule has 5 nitrogen and oxygen atoms in total.